The Morgan fingerprint density at radius 1 is 0.960 bits per heavy atom. The molecule has 3 aromatic carbocycles. The number of esters is 2. The molecule has 0 aliphatic carbocycles. The van der Waals surface area contributed by atoms with Crippen molar-refractivity contribution in [3.63, 3.8) is 0 Å². The van der Waals surface area contributed by atoms with Gasteiger partial charge >= 0.3 is 11.9 Å². The summed E-state index contributed by atoms with van der Waals surface area (Å²) >= 11 is 13.0. The third kappa shape index (κ3) is 8.30. The van der Waals surface area contributed by atoms with Gasteiger partial charge in [0.2, 0.25) is 0 Å². The Labute approximate surface area is 299 Å². The van der Waals surface area contributed by atoms with Crippen molar-refractivity contribution in [2.45, 2.75) is 37.5 Å². The molecule has 3 aliphatic rings. The molecule has 50 heavy (non-hydrogen) atoms. The number of anilines is 1. The smallest absolute Gasteiger partial charge is 0.338 e. The summed E-state index contributed by atoms with van der Waals surface area (Å²) in [6, 6.07) is 16.7. The monoisotopic (exact) mass is 725 g/mol. The Balaban J connectivity index is 0.00000486. The average Bonchev–Trinajstić information content (AvgIpc) is 3.12. The van der Waals surface area contributed by atoms with E-state index in [0.717, 1.165) is 25.9 Å². The molecule has 10 nitrogen and oxygen atoms in total. The molecule has 4 heterocycles. The van der Waals surface area contributed by atoms with E-state index in [1.54, 1.807) is 73.1 Å². The van der Waals surface area contributed by atoms with Crippen molar-refractivity contribution in [3.8, 4) is 11.5 Å². The van der Waals surface area contributed by atoms with Gasteiger partial charge in [-0.2, -0.15) is 0 Å². The summed E-state index contributed by atoms with van der Waals surface area (Å²) in [7, 11) is 3.05. The topological polar surface area (TPSA) is 130 Å². The first-order chi connectivity index (χ1) is 23.7. The number of hydrogen-bond acceptors (Lipinski definition) is 9. The van der Waals surface area contributed by atoms with Crippen LogP contribution in [0.25, 0.3) is 0 Å². The number of aromatic amines is 1. The minimum atomic E-state index is -1.15. The number of aromatic nitrogens is 1. The minimum absolute atomic E-state index is 0. The number of halogens is 3. The van der Waals surface area contributed by atoms with Crippen molar-refractivity contribution in [2.24, 2.45) is 5.92 Å². The van der Waals surface area contributed by atoms with Gasteiger partial charge in [0.25, 0.3) is 0 Å². The van der Waals surface area contributed by atoms with Gasteiger partial charge in [0.05, 0.1) is 19.8 Å². The van der Waals surface area contributed by atoms with Crippen LogP contribution in [0.5, 0.6) is 11.5 Å². The first kappa shape index (κ1) is 36.9. The van der Waals surface area contributed by atoms with E-state index in [4.69, 9.17) is 42.1 Å². The van der Waals surface area contributed by atoms with Crippen LogP contribution in [0.1, 0.15) is 52.0 Å². The van der Waals surface area contributed by atoms with Gasteiger partial charge in [-0.1, -0.05) is 53.5 Å². The van der Waals surface area contributed by atoms with Crippen molar-refractivity contribution >= 4 is 40.8 Å². The Bertz CT molecular complexity index is 1800. The van der Waals surface area contributed by atoms with Crippen molar-refractivity contribution in [1.82, 2.24) is 4.90 Å². The SMILES string of the molecule is COc1ccc([C@H](Cc2c(Cl)c[nH+]cc2Cl)OC(=O)c2cccc(NC(C(=O)O[C@H]3CN4CCC3CC4)c3ccccc3F)c2)cc1OC.[OH-]. The summed E-state index contributed by atoms with van der Waals surface area (Å²) in [4.78, 5) is 32.6. The predicted molar refractivity (Wildman–Crippen MR) is 185 cm³/mol. The van der Waals surface area contributed by atoms with Crippen molar-refractivity contribution in [1.29, 1.82) is 0 Å². The maximum absolute atomic E-state index is 15.1. The van der Waals surface area contributed by atoms with E-state index in [-0.39, 0.29) is 35.0 Å². The number of piperidine rings is 3. The number of H-pyrrole nitrogens is 1. The number of methoxy groups -OCH3 is 2. The maximum atomic E-state index is 15.1. The standard InChI is InChI=1S/C37H36Cl2FN3O6.H2O/c1-46-31-11-10-23(17-33(31)47-2)32(18-27-28(38)19-41-20-29(27)39)48-36(44)24-6-5-7-25(16-24)42-35(26-8-3-4-9-30(26)40)37(45)49-34-21-43-14-12-22(34)13-15-43;/h3-11,16-17,19-20,22,32,34-35,42H,12-15,18,21H2,1-2H3;1H2/t32-,34-,35?;/m0./s1. The number of nitrogens with zero attached hydrogens (tertiary/aromatic N) is 1. The van der Waals surface area contributed by atoms with E-state index >= 15 is 4.39 Å². The Morgan fingerprint density at radius 2 is 1.68 bits per heavy atom. The van der Waals surface area contributed by atoms with E-state index in [1.807, 2.05) is 0 Å². The summed E-state index contributed by atoms with van der Waals surface area (Å²) in [5.41, 5.74) is 1.95. The highest BCUT2D eigenvalue weighted by Crippen LogP contribution is 2.36. The number of carbonyl (C=O) groups excluding carboxylic acids is 2. The number of rotatable bonds is 12. The second-order valence-corrected chi connectivity index (χ2v) is 12.9. The number of carbonyl (C=O) groups is 2. The van der Waals surface area contributed by atoms with Crippen LogP contribution in [0.15, 0.2) is 79.1 Å². The predicted octanol–water partition coefficient (Wildman–Crippen LogP) is 6.72. The van der Waals surface area contributed by atoms with Crippen molar-refractivity contribution < 1.29 is 43.4 Å². The number of nitrogens with one attached hydrogen (secondary N) is 2. The molecular formula is C37H38Cl2FN3O7. The van der Waals surface area contributed by atoms with Crippen LogP contribution in [0.4, 0.5) is 10.1 Å². The van der Waals surface area contributed by atoms with Crippen LogP contribution in [-0.2, 0) is 20.7 Å². The summed E-state index contributed by atoms with van der Waals surface area (Å²) in [6.45, 7) is 2.65. The van der Waals surface area contributed by atoms with Crippen LogP contribution in [0.3, 0.4) is 0 Å². The van der Waals surface area contributed by atoms with Gasteiger partial charge in [-0.3, -0.25) is 4.90 Å². The molecule has 0 radical (unpaired) electrons. The van der Waals surface area contributed by atoms with Crippen LogP contribution >= 0.6 is 23.2 Å². The molecule has 3 saturated heterocycles. The van der Waals surface area contributed by atoms with E-state index in [9.17, 15) is 9.59 Å². The first-order valence-electron chi connectivity index (χ1n) is 16.0. The van der Waals surface area contributed by atoms with Gasteiger partial charge in [0, 0.05) is 29.8 Å². The lowest BCUT2D eigenvalue weighted by Crippen LogP contribution is -2.52. The number of pyridine rings is 1. The third-order valence-electron chi connectivity index (χ3n) is 9.14. The average molecular weight is 727 g/mol. The normalized spacial score (nSPS) is 19.0. The van der Waals surface area contributed by atoms with Gasteiger partial charge in [-0.15, -0.1) is 0 Å². The van der Waals surface area contributed by atoms with Gasteiger partial charge < -0.3 is 29.7 Å². The van der Waals surface area contributed by atoms with Gasteiger partial charge in [-0.05, 0) is 73.8 Å². The highest BCUT2D eigenvalue weighted by atomic mass is 35.5. The molecule has 264 valence electrons. The number of benzene rings is 3. The summed E-state index contributed by atoms with van der Waals surface area (Å²) in [5, 5.41) is 3.89. The molecule has 13 heteroatoms. The summed E-state index contributed by atoms with van der Waals surface area (Å²) < 4.78 is 38.1. The molecule has 1 unspecified atom stereocenters. The number of hydrogen-bond donors (Lipinski definition) is 1. The maximum Gasteiger partial charge on any atom is 0.338 e. The van der Waals surface area contributed by atoms with Crippen LogP contribution in [-0.4, -0.2) is 62.3 Å². The lowest BCUT2D eigenvalue weighted by atomic mass is 9.86. The highest BCUT2D eigenvalue weighted by Gasteiger charge is 2.38. The van der Waals surface area contributed by atoms with E-state index < -0.39 is 29.9 Å². The second kappa shape index (κ2) is 16.5. The first-order valence-corrected chi connectivity index (χ1v) is 16.8. The number of ether oxygens (including phenoxy) is 4. The molecule has 1 aromatic heterocycles. The highest BCUT2D eigenvalue weighted by molar-refractivity contribution is 6.35. The Kier molecular flexibility index (Phi) is 12.2. The molecule has 3 fully saturated rings. The molecule has 3 atom stereocenters. The van der Waals surface area contributed by atoms with Crippen LogP contribution in [0, 0.1) is 11.7 Å². The zero-order valence-corrected chi connectivity index (χ0v) is 29.0. The molecule has 4 aromatic rings. The number of fused-ring (bicyclic) bond motifs is 3. The Hall–Kier alpha value is -4.42. The van der Waals surface area contributed by atoms with E-state index in [1.165, 1.54) is 20.3 Å². The van der Waals surface area contributed by atoms with Gasteiger partial charge in [0.1, 0.15) is 28.1 Å². The molecule has 2 bridgehead atoms. The molecule has 0 amide bonds. The lowest BCUT2D eigenvalue weighted by molar-refractivity contribution is -0.377. The molecule has 0 saturated carbocycles. The van der Waals surface area contributed by atoms with Crippen molar-refractivity contribution in [2.75, 3.05) is 39.2 Å². The fourth-order valence-corrected chi connectivity index (χ4v) is 7.00. The molecule has 3 N–H and O–H groups in total. The molecular weight excluding hydrogens is 688 g/mol. The fraction of sp³-hybridized carbons (Fsp3) is 0.324. The lowest BCUT2D eigenvalue weighted by Gasteiger charge is -2.44. The minimum Gasteiger partial charge on any atom is -0.870 e. The van der Waals surface area contributed by atoms with Crippen LogP contribution in [0.2, 0.25) is 10.0 Å². The Morgan fingerprint density at radius 3 is 2.34 bits per heavy atom. The van der Waals surface area contributed by atoms with Crippen molar-refractivity contribution in [3.05, 3.63) is 117 Å². The van der Waals surface area contributed by atoms with Crippen LogP contribution < -0.4 is 19.8 Å². The molecule has 0 spiro atoms. The zero-order valence-electron chi connectivity index (χ0n) is 27.5. The fourth-order valence-electron chi connectivity index (χ4n) is 6.47. The summed E-state index contributed by atoms with van der Waals surface area (Å²) in [5.74, 6) is -0.525. The largest absolute Gasteiger partial charge is 0.870 e. The zero-order chi connectivity index (χ0) is 34.5. The third-order valence-corrected chi connectivity index (χ3v) is 9.81. The van der Waals surface area contributed by atoms with E-state index in [2.05, 4.69) is 15.2 Å². The summed E-state index contributed by atoms with van der Waals surface area (Å²) in [6.07, 6.45) is 4.19. The quantitative estimate of drug-likeness (QED) is 0.158. The van der Waals surface area contributed by atoms with E-state index in [0.29, 0.717) is 44.9 Å². The van der Waals surface area contributed by atoms with Gasteiger partial charge in [0.15, 0.2) is 29.9 Å². The molecule has 7 rings (SSSR count). The second-order valence-electron chi connectivity index (χ2n) is 12.1. The van der Waals surface area contributed by atoms with Gasteiger partial charge in [-0.25, -0.2) is 19.0 Å². The molecule has 3 aliphatic heterocycles.